The van der Waals surface area contributed by atoms with Gasteiger partial charge in [0.2, 0.25) is 0 Å². The molecular weight excluding hydrogens is 320 g/mol. The molecule has 0 aliphatic carbocycles. The van der Waals surface area contributed by atoms with Crippen molar-refractivity contribution in [1.29, 1.82) is 0 Å². The van der Waals surface area contributed by atoms with Crippen LogP contribution in [-0.4, -0.2) is 16.1 Å². The molecule has 0 atom stereocenters. The summed E-state index contributed by atoms with van der Waals surface area (Å²) in [4.78, 5) is 12.2. The summed E-state index contributed by atoms with van der Waals surface area (Å²) in [5.74, 6) is -0.146. The highest BCUT2D eigenvalue weighted by atomic mass is 35.5. The summed E-state index contributed by atoms with van der Waals surface area (Å²) in [5.41, 5.74) is 7.77. The van der Waals surface area contributed by atoms with Crippen molar-refractivity contribution < 1.29 is 4.79 Å². The smallest absolute Gasteiger partial charge is 0.251 e. The molecule has 120 valence electrons. The van der Waals surface area contributed by atoms with Crippen LogP contribution in [0.1, 0.15) is 46.7 Å². The monoisotopic (exact) mass is 340 g/mol. The zero-order valence-corrected chi connectivity index (χ0v) is 14.8. The summed E-state index contributed by atoms with van der Waals surface area (Å²) in [6.45, 7) is 8.53. The molecule has 5 nitrogen and oxygen atoms in total. The van der Waals surface area contributed by atoms with E-state index in [0.29, 0.717) is 17.8 Å². The Bertz CT molecular complexity index is 664. The summed E-state index contributed by atoms with van der Waals surface area (Å²) in [7, 11) is 0. The molecule has 0 spiro atoms. The van der Waals surface area contributed by atoms with Gasteiger partial charge in [0.05, 0.1) is 6.54 Å². The summed E-state index contributed by atoms with van der Waals surface area (Å²) in [5, 5.41) is 12.9. The molecular formula is C15H21ClN4OS. The molecule has 2 aromatic rings. The van der Waals surface area contributed by atoms with Crippen LogP contribution in [-0.2, 0) is 12.0 Å². The van der Waals surface area contributed by atoms with Gasteiger partial charge in [0.1, 0.15) is 10.0 Å². The van der Waals surface area contributed by atoms with Crippen LogP contribution in [0.4, 0.5) is 5.69 Å². The number of aromatic nitrogens is 2. The van der Waals surface area contributed by atoms with Crippen molar-refractivity contribution in [2.45, 2.75) is 39.7 Å². The van der Waals surface area contributed by atoms with E-state index in [1.54, 1.807) is 12.1 Å². The third-order valence-electron chi connectivity index (χ3n) is 3.01. The number of hydrogen-bond donors (Lipinski definition) is 2. The van der Waals surface area contributed by atoms with E-state index in [1.165, 1.54) is 11.3 Å². The van der Waals surface area contributed by atoms with Crippen LogP contribution in [0.3, 0.4) is 0 Å². The Balaban J connectivity index is 0.00000242. The van der Waals surface area contributed by atoms with Gasteiger partial charge in [-0.15, -0.1) is 22.6 Å². The fraction of sp³-hybridized carbons (Fsp3) is 0.400. The highest BCUT2D eigenvalue weighted by Crippen LogP contribution is 2.25. The maximum absolute atomic E-state index is 12.2. The number of amides is 1. The molecule has 0 saturated heterocycles. The van der Waals surface area contributed by atoms with Gasteiger partial charge in [-0.1, -0.05) is 38.2 Å². The van der Waals surface area contributed by atoms with Crippen LogP contribution >= 0.6 is 23.7 Å². The van der Waals surface area contributed by atoms with Gasteiger partial charge in [-0.3, -0.25) is 4.79 Å². The highest BCUT2D eigenvalue weighted by molar-refractivity contribution is 7.11. The number of benzene rings is 1. The summed E-state index contributed by atoms with van der Waals surface area (Å²) in [6, 6.07) is 5.31. The van der Waals surface area contributed by atoms with Crippen molar-refractivity contribution in [3.63, 3.8) is 0 Å². The number of carbonyl (C=O) groups is 1. The minimum absolute atomic E-state index is 0. The second-order valence-corrected chi connectivity index (χ2v) is 7.07. The highest BCUT2D eigenvalue weighted by Gasteiger charge is 2.19. The van der Waals surface area contributed by atoms with Gasteiger partial charge in [-0.2, -0.15) is 0 Å². The lowest BCUT2D eigenvalue weighted by Crippen LogP contribution is -2.23. The van der Waals surface area contributed by atoms with Gasteiger partial charge in [0, 0.05) is 16.7 Å². The molecule has 0 saturated carbocycles. The Hall–Kier alpha value is -1.66. The van der Waals surface area contributed by atoms with E-state index in [0.717, 1.165) is 15.6 Å². The second-order valence-electron chi connectivity index (χ2n) is 6.01. The third kappa shape index (κ3) is 4.42. The second kappa shape index (κ2) is 7.07. The summed E-state index contributed by atoms with van der Waals surface area (Å²) < 4.78 is 0. The zero-order valence-electron chi connectivity index (χ0n) is 13.1. The first-order valence-corrected chi connectivity index (χ1v) is 7.56. The molecule has 22 heavy (non-hydrogen) atoms. The SMILES string of the molecule is Cc1ccc(N)cc1C(=O)NCc1nnc(C(C)(C)C)s1.Cl. The van der Waals surface area contributed by atoms with Crippen LogP contribution in [0.15, 0.2) is 18.2 Å². The minimum atomic E-state index is -0.146. The number of nitrogen functional groups attached to an aromatic ring is 1. The topological polar surface area (TPSA) is 80.9 Å². The fourth-order valence-electron chi connectivity index (χ4n) is 1.76. The number of hydrogen-bond acceptors (Lipinski definition) is 5. The number of carbonyl (C=O) groups excluding carboxylic acids is 1. The minimum Gasteiger partial charge on any atom is -0.399 e. The lowest BCUT2D eigenvalue weighted by Gasteiger charge is -2.12. The molecule has 1 heterocycles. The fourth-order valence-corrected chi connectivity index (χ4v) is 2.60. The Labute approximate surface area is 140 Å². The Morgan fingerprint density at radius 2 is 2.00 bits per heavy atom. The first-order chi connectivity index (χ1) is 9.77. The lowest BCUT2D eigenvalue weighted by molar-refractivity contribution is 0.0950. The van der Waals surface area contributed by atoms with Gasteiger partial charge in [0.15, 0.2) is 0 Å². The largest absolute Gasteiger partial charge is 0.399 e. The average Bonchev–Trinajstić information content (AvgIpc) is 2.87. The van der Waals surface area contributed by atoms with Crippen molar-refractivity contribution in [1.82, 2.24) is 15.5 Å². The molecule has 1 amide bonds. The number of anilines is 1. The lowest BCUT2D eigenvalue weighted by atomic mass is 9.98. The predicted octanol–water partition coefficient (Wildman–Crippen LogP) is 3.08. The molecule has 2 rings (SSSR count). The molecule has 0 aliphatic rings. The molecule has 0 radical (unpaired) electrons. The van der Waals surface area contributed by atoms with E-state index in [2.05, 4.69) is 36.3 Å². The zero-order chi connectivity index (χ0) is 15.6. The first-order valence-electron chi connectivity index (χ1n) is 6.74. The summed E-state index contributed by atoms with van der Waals surface area (Å²) in [6.07, 6.45) is 0. The molecule has 0 bridgehead atoms. The molecule has 0 fully saturated rings. The average molecular weight is 341 g/mol. The predicted molar refractivity (Wildman–Crippen MR) is 92.6 cm³/mol. The number of aryl methyl sites for hydroxylation is 1. The molecule has 1 aromatic heterocycles. The van der Waals surface area contributed by atoms with Crippen molar-refractivity contribution >= 4 is 35.3 Å². The van der Waals surface area contributed by atoms with E-state index in [1.807, 2.05) is 13.0 Å². The number of halogens is 1. The van der Waals surface area contributed by atoms with Gasteiger partial charge in [-0.25, -0.2) is 0 Å². The van der Waals surface area contributed by atoms with Crippen LogP contribution < -0.4 is 11.1 Å². The van der Waals surface area contributed by atoms with E-state index in [4.69, 9.17) is 5.73 Å². The molecule has 1 aromatic carbocycles. The maximum Gasteiger partial charge on any atom is 0.251 e. The number of rotatable bonds is 3. The van der Waals surface area contributed by atoms with E-state index in [9.17, 15) is 4.79 Å². The van der Waals surface area contributed by atoms with E-state index >= 15 is 0 Å². The summed E-state index contributed by atoms with van der Waals surface area (Å²) >= 11 is 1.52. The van der Waals surface area contributed by atoms with Crippen molar-refractivity contribution in [3.8, 4) is 0 Å². The first kappa shape index (κ1) is 18.4. The molecule has 0 aliphatic heterocycles. The van der Waals surface area contributed by atoms with Crippen LogP contribution in [0.5, 0.6) is 0 Å². The van der Waals surface area contributed by atoms with Crippen molar-refractivity contribution in [2.75, 3.05) is 5.73 Å². The molecule has 7 heteroatoms. The number of nitrogens with zero attached hydrogens (tertiary/aromatic N) is 2. The molecule has 0 unspecified atom stereocenters. The van der Waals surface area contributed by atoms with Crippen molar-refractivity contribution in [3.05, 3.63) is 39.3 Å². The van der Waals surface area contributed by atoms with E-state index < -0.39 is 0 Å². The Kier molecular flexibility index (Phi) is 5.91. The Morgan fingerprint density at radius 3 is 2.59 bits per heavy atom. The van der Waals surface area contributed by atoms with Crippen LogP contribution in [0.25, 0.3) is 0 Å². The Morgan fingerprint density at radius 1 is 1.32 bits per heavy atom. The quantitative estimate of drug-likeness (QED) is 0.841. The van der Waals surface area contributed by atoms with Gasteiger partial charge in [-0.05, 0) is 24.6 Å². The van der Waals surface area contributed by atoms with Gasteiger partial charge >= 0.3 is 0 Å². The number of nitrogens with one attached hydrogen (secondary N) is 1. The van der Waals surface area contributed by atoms with E-state index in [-0.39, 0.29) is 23.7 Å². The van der Waals surface area contributed by atoms with Gasteiger partial charge < -0.3 is 11.1 Å². The van der Waals surface area contributed by atoms with Crippen LogP contribution in [0.2, 0.25) is 0 Å². The number of nitrogens with two attached hydrogens (primary N) is 1. The van der Waals surface area contributed by atoms with Gasteiger partial charge in [0.25, 0.3) is 5.91 Å². The third-order valence-corrected chi connectivity index (χ3v) is 4.36. The van der Waals surface area contributed by atoms with Crippen molar-refractivity contribution in [2.24, 2.45) is 0 Å². The standard InChI is InChI=1S/C15H20N4OS.ClH/c1-9-5-6-10(16)7-11(9)13(20)17-8-12-18-19-14(21-12)15(2,3)4;/h5-7H,8,16H2,1-4H3,(H,17,20);1H. The normalized spacial score (nSPS) is 10.9. The van der Waals surface area contributed by atoms with Crippen LogP contribution in [0, 0.1) is 6.92 Å². The molecule has 3 N–H and O–H groups in total. The maximum atomic E-state index is 12.2.